The summed E-state index contributed by atoms with van der Waals surface area (Å²) in [6.45, 7) is 18.9. The van der Waals surface area contributed by atoms with Gasteiger partial charge in [-0.15, -0.1) is 13.2 Å². The maximum absolute atomic E-state index is 12.5. The first-order valence-electron chi connectivity index (χ1n) is 13.6. The van der Waals surface area contributed by atoms with E-state index in [1.165, 1.54) is 18.4 Å². The quantitative estimate of drug-likeness (QED) is 0.230. The molecule has 8 nitrogen and oxygen atoms in total. The van der Waals surface area contributed by atoms with Gasteiger partial charge < -0.3 is 24.4 Å². The van der Waals surface area contributed by atoms with Crippen molar-refractivity contribution in [3.63, 3.8) is 0 Å². The lowest BCUT2D eigenvalue weighted by Gasteiger charge is -2.33. The molecular formula is C33H42N4O4. The van der Waals surface area contributed by atoms with E-state index in [1.54, 1.807) is 33.2 Å². The van der Waals surface area contributed by atoms with Gasteiger partial charge in [0.2, 0.25) is 5.95 Å². The summed E-state index contributed by atoms with van der Waals surface area (Å²) in [6.07, 6.45) is 3.49. The molecule has 2 aromatic carbocycles. The number of benzene rings is 2. The summed E-state index contributed by atoms with van der Waals surface area (Å²) in [5.41, 5.74) is 8.79. The van der Waals surface area contributed by atoms with Gasteiger partial charge in [-0.25, -0.2) is 9.97 Å². The SMILES string of the molecule is C=C.CC(C)(C)O.COC(=O)Cc1c(C)c2c3c(cc(C)n3CCN2c2ncc(CO)cn2)c1-c1ccc(C)cc1. The van der Waals surface area contributed by atoms with Gasteiger partial charge in [-0.3, -0.25) is 4.79 Å². The van der Waals surface area contributed by atoms with Crippen LogP contribution in [0.1, 0.15) is 48.7 Å². The lowest BCUT2D eigenvalue weighted by molar-refractivity contribution is -0.139. The summed E-state index contributed by atoms with van der Waals surface area (Å²) < 4.78 is 7.42. The number of carbonyl (C=O) groups excluding carboxylic acids is 1. The molecule has 2 aromatic heterocycles. The maximum Gasteiger partial charge on any atom is 0.310 e. The number of nitrogens with zero attached hydrogens (tertiary/aromatic N) is 4. The van der Waals surface area contributed by atoms with Crippen molar-refractivity contribution < 1.29 is 19.7 Å². The third-order valence-electron chi connectivity index (χ3n) is 6.73. The summed E-state index contributed by atoms with van der Waals surface area (Å²) in [4.78, 5) is 23.7. The number of carbonyl (C=O) groups is 1. The Morgan fingerprint density at radius 3 is 2.17 bits per heavy atom. The molecule has 0 radical (unpaired) electrons. The molecule has 3 heterocycles. The number of ether oxygens (including phenoxy) is 1. The van der Waals surface area contributed by atoms with E-state index in [0.29, 0.717) is 18.1 Å². The van der Waals surface area contributed by atoms with Crippen LogP contribution in [0.4, 0.5) is 11.6 Å². The highest BCUT2D eigenvalue weighted by Crippen LogP contribution is 2.46. The summed E-state index contributed by atoms with van der Waals surface area (Å²) in [5.74, 6) is 0.309. The van der Waals surface area contributed by atoms with Crippen molar-refractivity contribution >= 4 is 28.5 Å². The van der Waals surface area contributed by atoms with E-state index in [4.69, 9.17) is 9.84 Å². The molecule has 0 bridgehead atoms. The fourth-order valence-electron chi connectivity index (χ4n) is 4.98. The summed E-state index contributed by atoms with van der Waals surface area (Å²) in [5, 5.41) is 19.0. The van der Waals surface area contributed by atoms with Crippen LogP contribution >= 0.6 is 0 Å². The van der Waals surface area contributed by atoms with Gasteiger partial charge >= 0.3 is 5.97 Å². The smallest absolute Gasteiger partial charge is 0.310 e. The molecule has 41 heavy (non-hydrogen) atoms. The second kappa shape index (κ2) is 13.1. The van der Waals surface area contributed by atoms with Gasteiger partial charge in [-0.1, -0.05) is 29.8 Å². The minimum Gasteiger partial charge on any atom is -0.469 e. The number of anilines is 2. The average molecular weight is 559 g/mol. The molecule has 0 amide bonds. The molecular weight excluding hydrogens is 516 g/mol. The van der Waals surface area contributed by atoms with Crippen LogP contribution in [0.2, 0.25) is 0 Å². The number of esters is 1. The van der Waals surface area contributed by atoms with Crippen molar-refractivity contribution in [1.29, 1.82) is 0 Å². The Bertz CT molecular complexity index is 1490. The van der Waals surface area contributed by atoms with Gasteiger partial charge in [0, 0.05) is 42.1 Å². The lowest BCUT2D eigenvalue weighted by atomic mass is 9.88. The first-order chi connectivity index (χ1) is 19.4. The molecule has 218 valence electrons. The Labute approximate surface area is 242 Å². The normalized spacial score (nSPS) is 12.3. The van der Waals surface area contributed by atoms with Gasteiger partial charge in [0.05, 0.1) is 36.9 Å². The van der Waals surface area contributed by atoms with Gasteiger partial charge in [0.1, 0.15) is 0 Å². The van der Waals surface area contributed by atoms with E-state index in [9.17, 15) is 9.90 Å². The van der Waals surface area contributed by atoms with Crippen LogP contribution in [0.3, 0.4) is 0 Å². The van der Waals surface area contributed by atoms with E-state index < -0.39 is 5.60 Å². The van der Waals surface area contributed by atoms with Crippen molar-refractivity contribution in [2.75, 3.05) is 18.6 Å². The van der Waals surface area contributed by atoms with Gasteiger partial charge in [0.15, 0.2) is 0 Å². The van der Waals surface area contributed by atoms with Crippen molar-refractivity contribution in [2.45, 2.75) is 66.7 Å². The molecule has 0 unspecified atom stereocenters. The van der Waals surface area contributed by atoms with Crippen molar-refractivity contribution in [3.8, 4) is 11.1 Å². The first kappa shape index (κ1) is 31.5. The maximum atomic E-state index is 12.5. The second-order valence-electron chi connectivity index (χ2n) is 11.0. The van der Waals surface area contributed by atoms with E-state index >= 15 is 0 Å². The van der Waals surface area contributed by atoms with Crippen LogP contribution in [-0.2, 0) is 29.1 Å². The molecule has 1 aliphatic rings. The predicted molar refractivity (Wildman–Crippen MR) is 165 cm³/mol. The Hall–Kier alpha value is -4.01. The van der Waals surface area contributed by atoms with Crippen molar-refractivity contribution in [1.82, 2.24) is 14.5 Å². The van der Waals surface area contributed by atoms with Crippen molar-refractivity contribution in [2.24, 2.45) is 0 Å². The number of aromatic nitrogens is 3. The topological polar surface area (TPSA) is 101 Å². The number of hydrogen-bond donors (Lipinski definition) is 2. The predicted octanol–water partition coefficient (Wildman–Crippen LogP) is 5.96. The van der Waals surface area contributed by atoms with Crippen LogP contribution in [-0.4, -0.2) is 50.0 Å². The third kappa shape index (κ3) is 7.01. The highest BCUT2D eigenvalue weighted by Gasteiger charge is 2.30. The summed E-state index contributed by atoms with van der Waals surface area (Å²) in [6, 6.07) is 10.7. The van der Waals surface area contributed by atoms with Gasteiger partial charge in [-0.2, -0.15) is 0 Å². The zero-order chi connectivity index (χ0) is 30.5. The number of aliphatic hydroxyl groups is 2. The lowest BCUT2D eigenvalue weighted by Crippen LogP contribution is -2.30. The molecule has 0 saturated heterocycles. The molecule has 0 atom stereocenters. The Balaban J connectivity index is 0.000000598. The van der Waals surface area contributed by atoms with E-state index in [1.807, 2.05) is 0 Å². The third-order valence-corrected chi connectivity index (χ3v) is 6.73. The highest BCUT2D eigenvalue weighted by atomic mass is 16.5. The summed E-state index contributed by atoms with van der Waals surface area (Å²) in [7, 11) is 1.43. The van der Waals surface area contributed by atoms with Gasteiger partial charge in [0.25, 0.3) is 0 Å². The minimum absolute atomic E-state index is 0.0971. The molecule has 0 aliphatic carbocycles. The molecule has 4 aromatic rings. The van der Waals surface area contributed by atoms with Crippen LogP contribution in [0.25, 0.3) is 22.0 Å². The number of methoxy groups -OCH3 is 1. The molecule has 2 N–H and O–H groups in total. The number of aryl methyl sites for hydroxylation is 2. The Kier molecular flexibility index (Phi) is 10.1. The zero-order valence-corrected chi connectivity index (χ0v) is 25.3. The van der Waals surface area contributed by atoms with E-state index in [2.05, 4.69) is 83.7 Å². The summed E-state index contributed by atoms with van der Waals surface area (Å²) >= 11 is 0. The Morgan fingerprint density at radius 2 is 1.63 bits per heavy atom. The standard InChI is InChI=1S/C27H28N4O3.C4H10O.C2H4/c1-16-5-7-20(8-6-16)24-21(12-23(33)34-4)18(3)25-26-22(24)11-17(2)30(26)9-10-31(25)27-28-13-19(15-32)14-29-27;1-4(2,3)5;1-2/h5-8,11,13-14,32H,9-10,12,15H2,1-4H3;5H,1-3H3;1-2H2. The number of rotatable bonds is 5. The number of aliphatic hydroxyl groups excluding tert-OH is 1. The molecule has 1 aliphatic heterocycles. The van der Waals surface area contributed by atoms with Crippen LogP contribution in [0.5, 0.6) is 0 Å². The molecule has 0 saturated carbocycles. The first-order valence-corrected chi connectivity index (χ1v) is 13.6. The van der Waals surface area contributed by atoms with Crippen molar-refractivity contribution in [3.05, 3.63) is 83.8 Å². The number of hydrogen-bond acceptors (Lipinski definition) is 7. The highest BCUT2D eigenvalue weighted by molar-refractivity contribution is 6.08. The van der Waals surface area contributed by atoms with Crippen LogP contribution < -0.4 is 4.90 Å². The Morgan fingerprint density at radius 1 is 1.05 bits per heavy atom. The fourth-order valence-corrected chi connectivity index (χ4v) is 4.98. The molecule has 0 fully saturated rings. The molecule has 5 rings (SSSR count). The van der Waals surface area contributed by atoms with Crippen LogP contribution in [0, 0.1) is 20.8 Å². The second-order valence-corrected chi connectivity index (χ2v) is 11.0. The van der Waals surface area contributed by atoms with E-state index in [0.717, 1.165) is 45.4 Å². The largest absolute Gasteiger partial charge is 0.469 e. The molecule has 8 heteroatoms. The molecule has 0 spiro atoms. The zero-order valence-electron chi connectivity index (χ0n) is 25.3. The fraction of sp³-hybridized carbons (Fsp3) is 0.364. The van der Waals surface area contributed by atoms with E-state index in [-0.39, 0.29) is 19.0 Å². The average Bonchev–Trinajstić information content (AvgIpc) is 3.28. The van der Waals surface area contributed by atoms with Crippen LogP contribution in [0.15, 0.2) is 55.9 Å². The monoisotopic (exact) mass is 558 g/mol. The minimum atomic E-state index is -0.500. The van der Waals surface area contributed by atoms with Gasteiger partial charge in [-0.05, 0) is 69.9 Å².